The van der Waals surface area contributed by atoms with Gasteiger partial charge in [-0.05, 0) is 36.4 Å². The molecule has 0 fully saturated rings. The lowest BCUT2D eigenvalue weighted by Gasteiger charge is -2.05. The fourth-order valence-corrected chi connectivity index (χ4v) is 2.46. The molecule has 1 amide bonds. The second kappa shape index (κ2) is 7.04. The molecule has 2 heterocycles. The van der Waals surface area contributed by atoms with Gasteiger partial charge in [0.2, 0.25) is 0 Å². The van der Waals surface area contributed by atoms with Crippen LogP contribution in [-0.4, -0.2) is 22.0 Å². The Bertz CT molecular complexity index is 933. The van der Waals surface area contributed by atoms with Gasteiger partial charge in [0, 0.05) is 17.4 Å². The largest absolute Gasteiger partial charge is 0.481 e. The number of hydrogen-bond donors (Lipinski definition) is 3. The van der Waals surface area contributed by atoms with E-state index >= 15 is 0 Å². The molecule has 0 saturated carbocycles. The van der Waals surface area contributed by atoms with Gasteiger partial charge in [-0.15, -0.1) is 0 Å². The number of nitrogen functional groups attached to an aromatic ring is 1. The lowest BCUT2D eigenvalue weighted by molar-refractivity contribution is -0.137. The number of pyridine rings is 1. The first-order valence-electron chi connectivity index (χ1n) is 7.75. The number of furan rings is 1. The minimum Gasteiger partial charge on any atom is -0.481 e. The number of amides is 1. The SMILES string of the molecule is Nc1cccc(CNC(=O)c2ccc3oc(CCC(=O)O)cc3c2)n1. The Balaban J connectivity index is 1.69. The molecule has 0 radical (unpaired) electrons. The molecule has 7 nitrogen and oxygen atoms in total. The van der Waals surface area contributed by atoms with Gasteiger partial charge in [0.25, 0.3) is 5.91 Å². The van der Waals surface area contributed by atoms with Crippen LogP contribution in [0.2, 0.25) is 0 Å². The average molecular weight is 339 g/mol. The van der Waals surface area contributed by atoms with Crippen LogP contribution in [0.15, 0.2) is 46.9 Å². The number of aliphatic carboxylic acids is 1. The molecule has 3 rings (SSSR count). The molecule has 0 spiro atoms. The summed E-state index contributed by atoms with van der Waals surface area (Å²) in [7, 11) is 0. The summed E-state index contributed by atoms with van der Waals surface area (Å²) >= 11 is 0. The van der Waals surface area contributed by atoms with Crippen molar-refractivity contribution in [3.8, 4) is 0 Å². The summed E-state index contributed by atoms with van der Waals surface area (Å²) in [6, 6.07) is 12.1. The average Bonchev–Trinajstić information content (AvgIpc) is 3.00. The minimum atomic E-state index is -0.879. The summed E-state index contributed by atoms with van der Waals surface area (Å²) in [5.41, 5.74) is 7.40. The van der Waals surface area contributed by atoms with Crippen LogP contribution in [0.25, 0.3) is 11.0 Å². The van der Waals surface area contributed by atoms with Crippen LogP contribution < -0.4 is 11.1 Å². The summed E-state index contributed by atoms with van der Waals surface area (Å²) < 4.78 is 5.58. The first-order valence-corrected chi connectivity index (χ1v) is 7.75. The van der Waals surface area contributed by atoms with E-state index in [2.05, 4.69) is 10.3 Å². The maximum absolute atomic E-state index is 12.3. The zero-order valence-electron chi connectivity index (χ0n) is 13.4. The number of carbonyl (C=O) groups excluding carboxylic acids is 1. The summed E-state index contributed by atoms with van der Waals surface area (Å²) in [6.07, 6.45) is 0.313. The van der Waals surface area contributed by atoms with E-state index in [9.17, 15) is 9.59 Å². The van der Waals surface area contributed by atoms with Crippen molar-refractivity contribution in [1.82, 2.24) is 10.3 Å². The number of fused-ring (bicyclic) bond motifs is 1. The normalized spacial score (nSPS) is 10.7. The summed E-state index contributed by atoms with van der Waals surface area (Å²) in [5.74, 6) is -0.130. The van der Waals surface area contributed by atoms with Gasteiger partial charge in [-0.3, -0.25) is 9.59 Å². The Morgan fingerprint density at radius 2 is 2.04 bits per heavy atom. The molecule has 1 aromatic carbocycles. The van der Waals surface area contributed by atoms with Gasteiger partial charge in [-0.2, -0.15) is 0 Å². The third-order valence-corrected chi connectivity index (χ3v) is 3.67. The molecule has 4 N–H and O–H groups in total. The summed E-state index contributed by atoms with van der Waals surface area (Å²) in [4.78, 5) is 27.1. The van der Waals surface area contributed by atoms with Crippen molar-refractivity contribution in [2.45, 2.75) is 19.4 Å². The molecule has 0 aliphatic heterocycles. The van der Waals surface area contributed by atoms with Gasteiger partial charge < -0.3 is 20.6 Å². The summed E-state index contributed by atoms with van der Waals surface area (Å²) in [6.45, 7) is 0.275. The molecule has 128 valence electrons. The standard InChI is InChI=1S/C18H17N3O4/c19-16-3-1-2-13(21-16)10-20-18(24)11-4-6-15-12(8-11)9-14(25-15)5-7-17(22)23/h1-4,6,8-9H,5,7,10H2,(H2,19,21)(H,20,24)(H,22,23). The number of aromatic nitrogens is 1. The number of carboxylic acid groups (broad SMARTS) is 1. The van der Waals surface area contributed by atoms with Crippen LogP contribution in [-0.2, 0) is 17.8 Å². The maximum Gasteiger partial charge on any atom is 0.303 e. The molecule has 0 saturated heterocycles. The Labute approximate surface area is 143 Å². The number of carbonyl (C=O) groups is 2. The van der Waals surface area contributed by atoms with Crippen molar-refractivity contribution in [2.24, 2.45) is 0 Å². The van der Waals surface area contributed by atoms with Crippen molar-refractivity contribution in [3.63, 3.8) is 0 Å². The highest BCUT2D eigenvalue weighted by Gasteiger charge is 2.10. The Kier molecular flexibility index (Phi) is 4.65. The number of benzene rings is 1. The van der Waals surface area contributed by atoms with E-state index in [0.717, 1.165) is 5.39 Å². The van der Waals surface area contributed by atoms with Crippen molar-refractivity contribution < 1.29 is 19.1 Å². The number of hydrogen-bond acceptors (Lipinski definition) is 5. The number of rotatable bonds is 6. The molecular formula is C18H17N3O4. The van der Waals surface area contributed by atoms with E-state index in [1.807, 2.05) is 0 Å². The van der Waals surface area contributed by atoms with Crippen LogP contribution in [0.5, 0.6) is 0 Å². The summed E-state index contributed by atoms with van der Waals surface area (Å²) in [5, 5.41) is 12.3. The highest BCUT2D eigenvalue weighted by molar-refractivity contribution is 5.97. The molecule has 0 unspecified atom stereocenters. The molecule has 0 bridgehead atoms. The molecule has 0 aliphatic rings. The van der Waals surface area contributed by atoms with Crippen LogP contribution in [0, 0.1) is 0 Å². The third-order valence-electron chi connectivity index (χ3n) is 3.67. The zero-order chi connectivity index (χ0) is 17.8. The number of carboxylic acids is 1. The fourth-order valence-electron chi connectivity index (χ4n) is 2.46. The predicted octanol–water partition coefficient (Wildman–Crippen LogP) is 2.36. The van der Waals surface area contributed by atoms with Gasteiger partial charge in [0.05, 0.1) is 18.7 Å². The fraction of sp³-hybridized carbons (Fsp3) is 0.167. The number of anilines is 1. The van der Waals surface area contributed by atoms with E-state index in [1.54, 1.807) is 42.5 Å². The van der Waals surface area contributed by atoms with Crippen LogP contribution in [0.3, 0.4) is 0 Å². The first-order chi connectivity index (χ1) is 12.0. The van der Waals surface area contributed by atoms with E-state index in [1.165, 1.54) is 0 Å². The molecule has 0 aliphatic carbocycles. The Morgan fingerprint density at radius 3 is 2.80 bits per heavy atom. The van der Waals surface area contributed by atoms with Crippen molar-refractivity contribution in [1.29, 1.82) is 0 Å². The second-order valence-electron chi connectivity index (χ2n) is 5.60. The molecule has 2 aromatic heterocycles. The minimum absolute atomic E-state index is 0.000369. The molecule has 7 heteroatoms. The third kappa shape index (κ3) is 4.14. The van der Waals surface area contributed by atoms with Crippen LogP contribution in [0.1, 0.15) is 28.2 Å². The highest BCUT2D eigenvalue weighted by Crippen LogP contribution is 2.22. The van der Waals surface area contributed by atoms with Crippen molar-refractivity contribution >= 4 is 28.7 Å². The van der Waals surface area contributed by atoms with E-state index < -0.39 is 5.97 Å². The monoisotopic (exact) mass is 339 g/mol. The lowest BCUT2D eigenvalue weighted by atomic mass is 10.1. The van der Waals surface area contributed by atoms with Crippen molar-refractivity contribution in [3.05, 3.63) is 59.5 Å². The van der Waals surface area contributed by atoms with Gasteiger partial charge in [0.1, 0.15) is 17.2 Å². The Morgan fingerprint density at radius 1 is 1.20 bits per heavy atom. The number of nitrogens with one attached hydrogen (secondary N) is 1. The first kappa shape index (κ1) is 16.5. The van der Waals surface area contributed by atoms with Gasteiger partial charge in [0.15, 0.2) is 0 Å². The number of aryl methyl sites for hydroxylation is 1. The topological polar surface area (TPSA) is 118 Å². The Hall–Kier alpha value is -3.35. The van der Waals surface area contributed by atoms with Crippen LogP contribution in [0.4, 0.5) is 5.82 Å². The second-order valence-corrected chi connectivity index (χ2v) is 5.60. The number of nitrogens with two attached hydrogens (primary N) is 1. The maximum atomic E-state index is 12.3. The van der Waals surface area contributed by atoms with Gasteiger partial charge in [-0.25, -0.2) is 4.98 Å². The van der Waals surface area contributed by atoms with Gasteiger partial charge >= 0.3 is 5.97 Å². The quantitative estimate of drug-likeness (QED) is 0.634. The number of nitrogens with zero attached hydrogens (tertiary/aromatic N) is 1. The molecular weight excluding hydrogens is 322 g/mol. The van der Waals surface area contributed by atoms with Gasteiger partial charge in [-0.1, -0.05) is 6.07 Å². The molecule has 0 atom stereocenters. The lowest BCUT2D eigenvalue weighted by Crippen LogP contribution is -2.23. The zero-order valence-corrected chi connectivity index (χ0v) is 13.4. The van der Waals surface area contributed by atoms with E-state index in [4.69, 9.17) is 15.3 Å². The predicted molar refractivity (Wildman–Crippen MR) is 92.0 cm³/mol. The van der Waals surface area contributed by atoms with Crippen LogP contribution >= 0.6 is 0 Å². The van der Waals surface area contributed by atoms with E-state index in [-0.39, 0.29) is 18.9 Å². The van der Waals surface area contributed by atoms with E-state index in [0.29, 0.717) is 34.8 Å². The highest BCUT2D eigenvalue weighted by atomic mass is 16.4. The molecule has 25 heavy (non-hydrogen) atoms. The molecule has 3 aromatic rings. The smallest absolute Gasteiger partial charge is 0.303 e. The van der Waals surface area contributed by atoms with Crippen molar-refractivity contribution in [2.75, 3.05) is 5.73 Å².